The number of sulfonamides is 1. The molecule has 0 saturated carbocycles. The van der Waals surface area contributed by atoms with Gasteiger partial charge in [-0.2, -0.15) is 11.3 Å². The number of methoxy groups -OCH3 is 2. The molecular formula is C19H26N2O4S2. The molecule has 1 aliphatic rings. The number of nitrogens with one attached hydrogen (secondary N) is 1. The van der Waals surface area contributed by atoms with Crippen LogP contribution in [0, 0.1) is 0 Å². The number of ether oxygens (including phenoxy) is 2. The first-order chi connectivity index (χ1) is 13.0. The molecule has 1 unspecified atom stereocenters. The van der Waals surface area contributed by atoms with Crippen molar-refractivity contribution < 1.29 is 17.9 Å². The van der Waals surface area contributed by atoms with Gasteiger partial charge in [-0.05, 0) is 66.0 Å². The maximum absolute atomic E-state index is 12.6. The second kappa shape index (κ2) is 9.05. The lowest BCUT2D eigenvalue weighted by molar-refractivity contribution is 0.247. The van der Waals surface area contributed by atoms with E-state index in [2.05, 4.69) is 21.1 Å². The lowest BCUT2D eigenvalue weighted by atomic mass is 10.1. The summed E-state index contributed by atoms with van der Waals surface area (Å²) in [6.07, 6.45) is 2.33. The summed E-state index contributed by atoms with van der Waals surface area (Å²) in [4.78, 5) is 2.36. The highest BCUT2D eigenvalue weighted by atomic mass is 32.2. The molecule has 2 aromatic rings. The van der Waals surface area contributed by atoms with E-state index in [0.717, 1.165) is 13.1 Å². The highest BCUT2D eigenvalue weighted by molar-refractivity contribution is 7.88. The number of likely N-dealkylation sites (tertiary alicyclic amines) is 1. The van der Waals surface area contributed by atoms with Crippen LogP contribution < -0.4 is 14.2 Å². The van der Waals surface area contributed by atoms with Crippen LogP contribution in [0.25, 0.3) is 0 Å². The van der Waals surface area contributed by atoms with E-state index >= 15 is 0 Å². The van der Waals surface area contributed by atoms with Crippen molar-refractivity contribution in [2.24, 2.45) is 0 Å². The maximum Gasteiger partial charge on any atom is 0.215 e. The monoisotopic (exact) mass is 410 g/mol. The van der Waals surface area contributed by atoms with Gasteiger partial charge in [0.05, 0.1) is 20.0 Å². The summed E-state index contributed by atoms with van der Waals surface area (Å²) in [7, 11) is -0.373. The van der Waals surface area contributed by atoms with Crippen molar-refractivity contribution in [1.29, 1.82) is 0 Å². The van der Waals surface area contributed by atoms with Gasteiger partial charge < -0.3 is 9.47 Å². The average Bonchev–Trinajstić information content (AvgIpc) is 3.36. The summed E-state index contributed by atoms with van der Waals surface area (Å²) in [5, 5.41) is 4.14. The van der Waals surface area contributed by atoms with Crippen LogP contribution in [0.4, 0.5) is 0 Å². The van der Waals surface area contributed by atoms with Crippen molar-refractivity contribution in [3.05, 3.63) is 46.2 Å². The summed E-state index contributed by atoms with van der Waals surface area (Å²) in [6, 6.07) is 7.34. The zero-order valence-electron chi connectivity index (χ0n) is 15.7. The van der Waals surface area contributed by atoms with Gasteiger partial charge in [0.2, 0.25) is 10.0 Å². The summed E-state index contributed by atoms with van der Waals surface area (Å²) < 4.78 is 38.6. The maximum atomic E-state index is 12.6. The van der Waals surface area contributed by atoms with E-state index in [1.807, 2.05) is 5.38 Å². The SMILES string of the molecule is COc1ccc(CS(=O)(=O)NCC(c2ccsc2)N2CCCC2)cc1OC. The Morgan fingerprint density at radius 2 is 1.89 bits per heavy atom. The molecule has 1 N–H and O–H groups in total. The van der Waals surface area contributed by atoms with Crippen LogP contribution >= 0.6 is 11.3 Å². The Morgan fingerprint density at radius 3 is 2.52 bits per heavy atom. The van der Waals surface area contributed by atoms with E-state index in [0.29, 0.717) is 23.6 Å². The molecule has 6 nitrogen and oxygen atoms in total. The molecule has 1 aromatic heterocycles. The first kappa shape index (κ1) is 20.1. The highest BCUT2D eigenvalue weighted by Gasteiger charge is 2.25. The molecule has 0 bridgehead atoms. The predicted octanol–water partition coefficient (Wildman–Crippen LogP) is 3.02. The Bertz CT molecular complexity index is 831. The van der Waals surface area contributed by atoms with E-state index in [1.54, 1.807) is 36.6 Å². The molecule has 1 saturated heterocycles. The van der Waals surface area contributed by atoms with Crippen molar-refractivity contribution >= 4 is 21.4 Å². The first-order valence-electron chi connectivity index (χ1n) is 8.97. The zero-order chi connectivity index (χ0) is 19.3. The number of nitrogens with zero attached hydrogens (tertiary/aromatic N) is 1. The molecule has 27 heavy (non-hydrogen) atoms. The summed E-state index contributed by atoms with van der Waals surface area (Å²) >= 11 is 1.64. The predicted molar refractivity (Wildman–Crippen MR) is 108 cm³/mol. The van der Waals surface area contributed by atoms with Crippen molar-refractivity contribution in [3.63, 3.8) is 0 Å². The minimum atomic E-state index is -3.46. The fourth-order valence-corrected chi connectivity index (χ4v) is 5.26. The van der Waals surface area contributed by atoms with Gasteiger partial charge >= 0.3 is 0 Å². The molecule has 1 aliphatic heterocycles. The van der Waals surface area contributed by atoms with Gasteiger partial charge in [-0.1, -0.05) is 6.07 Å². The fourth-order valence-electron chi connectivity index (χ4n) is 3.42. The molecule has 0 aliphatic carbocycles. The fraction of sp³-hybridized carbons (Fsp3) is 0.474. The summed E-state index contributed by atoms with van der Waals surface area (Å²) in [5.74, 6) is 1.01. The molecule has 148 valence electrons. The Labute approximate surface area is 165 Å². The molecule has 8 heteroatoms. The van der Waals surface area contributed by atoms with Gasteiger partial charge in [0.1, 0.15) is 0 Å². The molecule has 1 aromatic carbocycles. The minimum Gasteiger partial charge on any atom is -0.493 e. The van der Waals surface area contributed by atoms with Crippen molar-refractivity contribution in [2.75, 3.05) is 33.9 Å². The Hall–Kier alpha value is -1.61. The van der Waals surface area contributed by atoms with Gasteiger partial charge in [-0.3, -0.25) is 4.90 Å². The van der Waals surface area contributed by atoms with Crippen LogP contribution in [0.1, 0.15) is 30.0 Å². The molecule has 0 radical (unpaired) electrons. The van der Waals surface area contributed by atoms with Crippen LogP contribution in [-0.2, 0) is 15.8 Å². The summed E-state index contributed by atoms with van der Waals surface area (Å²) in [5.41, 5.74) is 1.84. The number of hydrogen-bond acceptors (Lipinski definition) is 6. The van der Waals surface area contributed by atoms with E-state index in [-0.39, 0.29) is 11.8 Å². The van der Waals surface area contributed by atoms with E-state index in [9.17, 15) is 8.42 Å². The van der Waals surface area contributed by atoms with E-state index in [4.69, 9.17) is 9.47 Å². The molecule has 0 spiro atoms. The van der Waals surface area contributed by atoms with Crippen LogP contribution in [0.5, 0.6) is 11.5 Å². The Morgan fingerprint density at radius 1 is 1.15 bits per heavy atom. The third-order valence-electron chi connectivity index (χ3n) is 4.81. The highest BCUT2D eigenvalue weighted by Crippen LogP contribution is 2.29. The zero-order valence-corrected chi connectivity index (χ0v) is 17.3. The standard InChI is InChI=1S/C19H26N2O4S2/c1-24-18-6-5-15(11-19(18)25-2)14-27(22,23)20-12-17(16-7-10-26-13-16)21-8-3-4-9-21/h5-7,10-11,13,17,20H,3-4,8-9,12,14H2,1-2H3. The van der Waals surface area contributed by atoms with Gasteiger partial charge in [0.15, 0.2) is 11.5 Å². The van der Waals surface area contributed by atoms with Gasteiger partial charge in [0, 0.05) is 12.6 Å². The van der Waals surface area contributed by atoms with Gasteiger partial charge in [-0.15, -0.1) is 0 Å². The lowest BCUT2D eigenvalue weighted by Gasteiger charge is -2.27. The van der Waals surface area contributed by atoms with Crippen LogP contribution in [0.3, 0.4) is 0 Å². The molecule has 1 atom stereocenters. The van der Waals surface area contributed by atoms with Crippen molar-refractivity contribution in [3.8, 4) is 11.5 Å². The van der Waals surface area contributed by atoms with Crippen LogP contribution in [-0.4, -0.2) is 47.2 Å². The molecule has 2 heterocycles. The Balaban J connectivity index is 1.68. The average molecular weight is 411 g/mol. The van der Waals surface area contributed by atoms with Gasteiger partial charge in [-0.25, -0.2) is 13.1 Å². The summed E-state index contributed by atoms with van der Waals surface area (Å²) in [6.45, 7) is 2.40. The number of hydrogen-bond donors (Lipinski definition) is 1. The molecule has 3 rings (SSSR count). The quantitative estimate of drug-likeness (QED) is 0.688. The Kier molecular flexibility index (Phi) is 6.75. The van der Waals surface area contributed by atoms with Crippen molar-refractivity contribution in [2.45, 2.75) is 24.6 Å². The largest absolute Gasteiger partial charge is 0.493 e. The van der Waals surface area contributed by atoms with Crippen LogP contribution in [0.2, 0.25) is 0 Å². The molecular weight excluding hydrogens is 384 g/mol. The molecule has 0 amide bonds. The first-order valence-corrected chi connectivity index (χ1v) is 11.6. The number of benzene rings is 1. The third-order valence-corrected chi connectivity index (χ3v) is 6.83. The van der Waals surface area contributed by atoms with E-state index < -0.39 is 10.0 Å². The third kappa shape index (κ3) is 5.22. The second-order valence-electron chi connectivity index (χ2n) is 6.61. The number of rotatable bonds is 9. The second-order valence-corrected chi connectivity index (χ2v) is 9.20. The molecule has 1 fully saturated rings. The van der Waals surface area contributed by atoms with E-state index in [1.165, 1.54) is 25.5 Å². The minimum absolute atomic E-state index is 0.0823. The normalized spacial score (nSPS) is 16.4. The van der Waals surface area contributed by atoms with Crippen molar-refractivity contribution in [1.82, 2.24) is 9.62 Å². The van der Waals surface area contributed by atoms with Gasteiger partial charge in [0.25, 0.3) is 0 Å². The lowest BCUT2D eigenvalue weighted by Crippen LogP contribution is -2.37. The topological polar surface area (TPSA) is 67.9 Å². The number of thiophene rings is 1. The smallest absolute Gasteiger partial charge is 0.215 e. The van der Waals surface area contributed by atoms with Crippen LogP contribution in [0.15, 0.2) is 35.0 Å².